The van der Waals surface area contributed by atoms with Gasteiger partial charge in [-0.05, 0) is 30.5 Å². The summed E-state index contributed by atoms with van der Waals surface area (Å²) in [6.45, 7) is 4.77. The smallest absolute Gasteiger partial charge is 0.123 e. The van der Waals surface area contributed by atoms with Crippen LogP contribution in [0.2, 0.25) is 0 Å². The summed E-state index contributed by atoms with van der Waals surface area (Å²) >= 11 is 0. The van der Waals surface area contributed by atoms with E-state index in [2.05, 4.69) is 11.8 Å². The number of aliphatic hydroxyl groups is 1. The van der Waals surface area contributed by atoms with Crippen molar-refractivity contribution in [3.63, 3.8) is 0 Å². The highest BCUT2D eigenvalue weighted by Crippen LogP contribution is 2.27. The fourth-order valence-corrected chi connectivity index (χ4v) is 2.61. The van der Waals surface area contributed by atoms with Gasteiger partial charge in [0.05, 0.1) is 20.3 Å². The Hall–Kier alpha value is -1.26. The monoisotopic (exact) mass is 265 g/mol. The van der Waals surface area contributed by atoms with Crippen LogP contribution in [0, 0.1) is 5.92 Å². The van der Waals surface area contributed by atoms with E-state index in [0.717, 1.165) is 43.1 Å². The lowest BCUT2D eigenvalue weighted by Crippen LogP contribution is -2.41. The first kappa shape index (κ1) is 14.2. The van der Waals surface area contributed by atoms with Crippen molar-refractivity contribution in [2.45, 2.75) is 26.0 Å². The topological polar surface area (TPSA) is 41.9 Å². The second-order valence-corrected chi connectivity index (χ2v) is 5.25. The molecule has 0 aromatic heterocycles. The van der Waals surface area contributed by atoms with Crippen LogP contribution in [-0.4, -0.2) is 43.4 Å². The summed E-state index contributed by atoms with van der Waals surface area (Å²) in [5, 5.41) is 9.77. The summed E-state index contributed by atoms with van der Waals surface area (Å²) in [7, 11) is 3.36. The predicted molar refractivity (Wildman–Crippen MR) is 74.6 cm³/mol. The van der Waals surface area contributed by atoms with Crippen LogP contribution in [0.1, 0.15) is 18.9 Å². The van der Waals surface area contributed by atoms with E-state index in [1.165, 1.54) is 0 Å². The number of ether oxygens (including phenoxy) is 2. The van der Waals surface area contributed by atoms with E-state index in [0.29, 0.717) is 5.92 Å². The van der Waals surface area contributed by atoms with Crippen LogP contribution >= 0.6 is 0 Å². The van der Waals surface area contributed by atoms with Crippen molar-refractivity contribution in [2.24, 2.45) is 5.92 Å². The van der Waals surface area contributed by atoms with Gasteiger partial charge in [-0.15, -0.1) is 0 Å². The molecule has 106 valence electrons. The van der Waals surface area contributed by atoms with Gasteiger partial charge >= 0.3 is 0 Å². The number of piperidine rings is 1. The Morgan fingerprint density at radius 3 is 2.74 bits per heavy atom. The summed E-state index contributed by atoms with van der Waals surface area (Å²) in [6.07, 6.45) is 0.677. The van der Waals surface area contributed by atoms with Crippen LogP contribution in [0.25, 0.3) is 0 Å². The third kappa shape index (κ3) is 3.39. The third-order valence-corrected chi connectivity index (χ3v) is 3.83. The van der Waals surface area contributed by atoms with Gasteiger partial charge in [-0.25, -0.2) is 0 Å². The number of benzene rings is 1. The fourth-order valence-electron chi connectivity index (χ4n) is 2.61. The quantitative estimate of drug-likeness (QED) is 0.903. The number of nitrogens with zero attached hydrogens (tertiary/aromatic N) is 1. The van der Waals surface area contributed by atoms with Gasteiger partial charge < -0.3 is 14.6 Å². The second kappa shape index (κ2) is 6.26. The maximum Gasteiger partial charge on any atom is 0.123 e. The molecule has 1 N–H and O–H groups in total. The van der Waals surface area contributed by atoms with Gasteiger partial charge in [0, 0.05) is 25.2 Å². The molecule has 0 radical (unpaired) electrons. The molecule has 2 rings (SSSR count). The normalized spacial score (nSPS) is 24.2. The van der Waals surface area contributed by atoms with Gasteiger partial charge in [0.25, 0.3) is 0 Å². The summed E-state index contributed by atoms with van der Waals surface area (Å²) < 4.78 is 10.7. The largest absolute Gasteiger partial charge is 0.497 e. The summed E-state index contributed by atoms with van der Waals surface area (Å²) in [5.74, 6) is 2.06. The number of methoxy groups -OCH3 is 2. The fraction of sp³-hybridized carbons (Fsp3) is 0.600. The van der Waals surface area contributed by atoms with Gasteiger partial charge in [0.15, 0.2) is 0 Å². The Balaban J connectivity index is 2.09. The van der Waals surface area contributed by atoms with E-state index in [1.54, 1.807) is 14.2 Å². The summed E-state index contributed by atoms with van der Waals surface area (Å²) in [4.78, 5) is 2.36. The first-order valence-electron chi connectivity index (χ1n) is 6.75. The maximum absolute atomic E-state index is 9.77. The molecular formula is C15H23NO3. The predicted octanol–water partition coefficient (Wildman–Crippen LogP) is 1.91. The molecule has 0 spiro atoms. The molecule has 2 unspecified atom stereocenters. The Kier molecular flexibility index (Phi) is 4.66. The number of hydrogen-bond acceptors (Lipinski definition) is 4. The molecule has 1 aliphatic rings. The van der Waals surface area contributed by atoms with Crippen molar-refractivity contribution in [3.05, 3.63) is 23.8 Å². The maximum atomic E-state index is 9.77. The molecule has 1 aliphatic heterocycles. The molecule has 1 aromatic carbocycles. The lowest BCUT2D eigenvalue weighted by atomic mass is 9.96. The Labute approximate surface area is 114 Å². The highest BCUT2D eigenvalue weighted by molar-refractivity contribution is 5.40. The van der Waals surface area contributed by atoms with E-state index >= 15 is 0 Å². The zero-order valence-corrected chi connectivity index (χ0v) is 11.9. The summed E-state index contributed by atoms with van der Waals surface area (Å²) in [6, 6.07) is 5.87. The third-order valence-electron chi connectivity index (χ3n) is 3.83. The van der Waals surface area contributed by atoms with Crippen molar-refractivity contribution in [2.75, 3.05) is 27.3 Å². The molecule has 1 aromatic rings. The minimum absolute atomic E-state index is 0.163. The lowest BCUT2D eigenvalue weighted by Gasteiger charge is -2.34. The molecule has 2 atom stereocenters. The van der Waals surface area contributed by atoms with E-state index in [-0.39, 0.29) is 6.10 Å². The molecule has 0 bridgehead atoms. The molecule has 19 heavy (non-hydrogen) atoms. The van der Waals surface area contributed by atoms with E-state index in [4.69, 9.17) is 9.47 Å². The van der Waals surface area contributed by atoms with Gasteiger partial charge in [0.1, 0.15) is 11.5 Å². The van der Waals surface area contributed by atoms with E-state index < -0.39 is 0 Å². The van der Waals surface area contributed by atoms with Gasteiger partial charge in [-0.2, -0.15) is 0 Å². The van der Waals surface area contributed by atoms with Crippen molar-refractivity contribution < 1.29 is 14.6 Å². The van der Waals surface area contributed by atoms with Crippen LogP contribution in [0.3, 0.4) is 0 Å². The lowest BCUT2D eigenvalue weighted by molar-refractivity contribution is 0.0317. The number of hydrogen-bond donors (Lipinski definition) is 1. The average Bonchev–Trinajstić information content (AvgIpc) is 2.43. The van der Waals surface area contributed by atoms with E-state index in [9.17, 15) is 5.11 Å². The Morgan fingerprint density at radius 1 is 1.32 bits per heavy atom. The van der Waals surface area contributed by atoms with Crippen molar-refractivity contribution in [3.8, 4) is 11.5 Å². The average molecular weight is 265 g/mol. The SMILES string of the molecule is COc1ccc(OC)c(CN2CCC(O)C(C)C2)c1. The Morgan fingerprint density at radius 2 is 2.11 bits per heavy atom. The molecule has 1 fully saturated rings. The molecule has 0 amide bonds. The van der Waals surface area contributed by atoms with Crippen LogP contribution in [0.5, 0.6) is 11.5 Å². The molecule has 1 heterocycles. The van der Waals surface area contributed by atoms with Crippen molar-refractivity contribution >= 4 is 0 Å². The van der Waals surface area contributed by atoms with Crippen LogP contribution in [-0.2, 0) is 6.54 Å². The van der Waals surface area contributed by atoms with Crippen LogP contribution in [0.15, 0.2) is 18.2 Å². The van der Waals surface area contributed by atoms with E-state index in [1.807, 2.05) is 18.2 Å². The highest BCUT2D eigenvalue weighted by Gasteiger charge is 2.24. The zero-order chi connectivity index (χ0) is 13.8. The Bertz CT molecular complexity index is 422. The molecule has 4 heteroatoms. The van der Waals surface area contributed by atoms with Crippen LogP contribution < -0.4 is 9.47 Å². The molecule has 1 saturated heterocycles. The number of likely N-dealkylation sites (tertiary alicyclic amines) is 1. The number of aliphatic hydroxyl groups excluding tert-OH is 1. The first-order chi connectivity index (χ1) is 9.13. The van der Waals surface area contributed by atoms with Gasteiger partial charge in [0.2, 0.25) is 0 Å². The molecule has 0 aliphatic carbocycles. The van der Waals surface area contributed by atoms with Gasteiger partial charge in [-0.3, -0.25) is 4.90 Å². The number of rotatable bonds is 4. The zero-order valence-electron chi connectivity index (χ0n) is 11.9. The molecule has 4 nitrogen and oxygen atoms in total. The van der Waals surface area contributed by atoms with Gasteiger partial charge in [-0.1, -0.05) is 6.92 Å². The second-order valence-electron chi connectivity index (χ2n) is 5.25. The molecule has 0 saturated carbocycles. The van der Waals surface area contributed by atoms with Crippen LogP contribution in [0.4, 0.5) is 0 Å². The minimum atomic E-state index is -0.163. The minimum Gasteiger partial charge on any atom is -0.497 e. The van der Waals surface area contributed by atoms with Crippen molar-refractivity contribution in [1.29, 1.82) is 0 Å². The van der Waals surface area contributed by atoms with Crippen molar-refractivity contribution in [1.82, 2.24) is 4.90 Å². The standard InChI is InChI=1S/C15H23NO3/c1-11-9-16(7-6-14(11)17)10-12-8-13(18-2)4-5-15(12)19-3/h4-5,8,11,14,17H,6-7,9-10H2,1-3H3. The molecular weight excluding hydrogens is 242 g/mol. The summed E-state index contributed by atoms with van der Waals surface area (Å²) in [5.41, 5.74) is 1.13. The highest BCUT2D eigenvalue weighted by atomic mass is 16.5. The first-order valence-corrected chi connectivity index (χ1v) is 6.75.